The molecule has 1 atom stereocenters. The van der Waals surface area contributed by atoms with Crippen LogP contribution in [0.4, 0.5) is 0 Å². The molecule has 4 rings (SSSR count). The molecule has 6 heteroatoms. The summed E-state index contributed by atoms with van der Waals surface area (Å²) in [7, 11) is 3.62. The molecule has 0 aliphatic carbocycles. The highest BCUT2D eigenvalue weighted by atomic mass is 16.5. The van der Waals surface area contributed by atoms with E-state index in [0.29, 0.717) is 26.1 Å². The van der Waals surface area contributed by atoms with E-state index >= 15 is 0 Å². The SMILES string of the molecule is COc1ccc(C2(C(=O)NCC(O)c3ccc4c(ccn4C)c3)CCOCC2)cc1. The van der Waals surface area contributed by atoms with Crippen LogP contribution in [0.2, 0.25) is 0 Å². The standard InChI is InChI=1S/C24H28N2O4/c1-26-12-9-17-15-18(3-8-21(17)26)22(27)16-25-23(28)24(10-13-30-14-11-24)19-4-6-20(29-2)7-5-19/h3-9,12,15,22,27H,10-11,13-14,16H2,1-2H3,(H,25,28). The van der Waals surface area contributed by atoms with Gasteiger partial charge in [0.1, 0.15) is 5.75 Å². The molecule has 0 spiro atoms. The maximum absolute atomic E-state index is 13.3. The Morgan fingerprint density at radius 2 is 1.93 bits per heavy atom. The molecule has 6 nitrogen and oxygen atoms in total. The van der Waals surface area contributed by atoms with Gasteiger partial charge < -0.3 is 24.5 Å². The van der Waals surface area contributed by atoms with E-state index in [1.807, 2.05) is 66.3 Å². The molecule has 30 heavy (non-hydrogen) atoms. The molecule has 0 bridgehead atoms. The van der Waals surface area contributed by atoms with Crippen molar-refractivity contribution in [1.82, 2.24) is 9.88 Å². The van der Waals surface area contributed by atoms with E-state index in [1.165, 1.54) is 0 Å². The van der Waals surface area contributed by atoms with Gasteiger partial charge in [0.15, 0.2) is 0 Å². The number of nitrogens with one attached hydrogen (secondary N) is 1. The third-order valence-electron chi connectivity index (χ3n) is 6.17. The topological polar surface area (TPSA) is 72.7 Å². The first-order valence-corrected chi connectivity index (χ1v) is 10.3. The Morgan fingerprint density at radius 1 is 1.20 bits per heavy atom. The first-order valence-electron chi connectivity index (χ1n) is 10.3. The zero-order valence-corrected chi connectivity index (χ0v) is 17.4. The quantitative estimate of drug-likeness (QED) is 0.658. The molecule has 1 aliphatic rings. The first kappa shape index (κ1) is 20.4. The van der Waals surface area contributed by atoms with Crippen LogP contribution in [0.1, 0.15) is 30.1 Å². The molecule has 2 heterocycles. The highest BCUT2D eigenvalue weighted by Crippen LogP contribution is 2.36. The van der Waals surface area contributed by atoms with E-state index in [2.05, 4.69) is 5.32 Å². The third-order valence-corrected chi connectivity index (χ3v) is 6.17. The Balaban J connectivity index is 1.50. The van der Waals surface area contributed by atoms with Crippen LogP contribution in [0.5, 0.6) is 5.75 Å². The van der Waals surface area contributed by atoms with Crippen molar-refractivity contribution in [2.75, 3.05) is 26.9 Å². The van der Waals surface area contributed by atoms with Crippen molar-refractivity contribution in [3.8, 4) is 5.75 Å². The summed E-state index contributed by atoms with van der Waals surface area (Å²) in [5.74, 6) is 0.684. The predicted octanol–water partition coefficient (Wildman–Crippen LogP) is 3.08. The monoisotopic (exact) mass is 408 g/mol. The summed E-state index contributed by atoms with van der Waals surface area (Å²) in [6.45, 7) is 1.23. The predicted molar refractivity (Wildman–Crippen MR) is 116 cm³/mol. The van der Waals surface area contributed by atoms with Gasteiger partial charge in [-0.25, -0.2) is 0 Å². The van der Waals surface area contributed by atoms with Crippen molar-refractivity contribution < 1.29 is 19.4 Å². The van der Waals surface area contributed by atoms with Gasteiger partial charge in [-0.05, 0) is 59.7 Å². The fourth-order valence-electron chi connectivity index (χ4n) is 4.26. The van der Waals surface area contributed by atoms with Gasteiger partial charge in [-0.2, -0.15) is 0 Å². The summed E-state index contributed by atoms with van der Waals surface area (Å²) in [5.41, 5.74) is 2.19. The molecular weight excluding hydrogens is 380 g/mol. The molecule has 3 aromatic rings. The zero-order valence-electron chi connectivity index (χ0n) is 17.4. The minimum absolute atomic E-state index is 0.0733. The van der Waals surface area contributed by atoms with E-state index in [-0.39, 0.29) is 12.5 Å². The summed E-state index contributed by atoms with van der Waals surface area (Å²) in [5, 5.41) is 14.8. The van der Waals surface area contributed by atoms with Crippen LogP contribution in [0.25, 0.3) is 10.9 Å². The molecule has 1 fully saturated rings. The summed E-state index contributed by atoms with van der Waals surface area (Å²) in [4.78, 5) is 13.3. The normalized spacial score (nSPS) is 16.9. The van der Waals surface area contributed by atoms with Crippen molar-refractivity contribution in [3.63, 3.8) is 0 Å². The van der Waals surface area contributed by atoms with Gasteiger partial charge in [0.25, 0.3) is 0 Å². The second-order valence-electron chi connectivity index (χ2n) is 7.89. The number of aliphatic hydroxyl groups excluding tert-OH is 1. The smallest absolute Gasteiger partial charge is 0.230 e. The molecule has 1 amide bonds. The largest absolute Gasteiger partial charge is 0.497 e. The lowest BCUT2D eigenvalue weighted by atomic mass is 9.73. The Hall–Kier alpha value is -2.83. The molecule has 1 unspecified atom stereocenters. The summed E-state index contributed by atoms with van der Waals surface area (Å²) in [6, 6.07) is 15.5. The minimum atomic E-state index is -0.772. The number of rotatable bonds is 6. The average Bonchev–Trinajstić information content (AvgIpc) is 3.17. The fourth-order valence-corrected chi connectivity index (χ4v) is 4.26. The first-order chi connectivity index (χ1) is 14.5. The van der Waals surface area contributed by atoms with E-state index < -0.39 is 11.5 Å². The fraction of sp³-hybridized carbons (Fsp3) is 0.375. The van der Waals surface area contributed by atoms with Gasteiger partial charge in [0.05, 0.1) is 18.6 Å². The van der Waals surface area contributed by atoms with Crippen LogP contribution in [-0.2, 0) is 22.0 Å². The molecule has 2 N–H and O–H groups in total. The minimum Gasteiger partial charge on any atom is -0.497 e. The van der Waals surface area contributed by atoms with E-state index in [0.717, 1.165) is 27.8 Å². The third kappa shape index (κ3) is 3.80. The van der Waals surface area contributed by atoms with Crippen molar-refractivity contribution in [1.29, 1.82) is 0 Å². The highest BCUT2D eigenvalue weighted by molar-refractivity contribution is 5.88. The van der Waals surface area contributed by atoms with Crippen LogP contribution < -0.4 is 10.1 Å². The number of amides is 1. The van der Waals surface area contributed by atoms with E-state index in [1.54, 1.807) is 7.11 Å². The number of nitrogens with zero attached hydrogens (tertiary/aromatic N) is 1. The van der Waals surface area contributed by atoms with Gasteiger partial charge in [-0.1, -0.05) is 18.2 Å². The number of benzene rings is 2. The number of carbonyl (C=O) groups excluding carboxylic acids is 1. The van der Waals surface area contributed by atoms with Gasteiger partial charge >= 0.3 is 0 Å². The van der Waals surface area contributed by atoms with Crippen LogP contribution >= 0.6 is 0 Å². The molecule has 2 aromatic carbocycles. The second kappa shape index (κ2) is 8.50. The zero-order chi connectivity index (χ0) is 21.1. The number of aliphatic hydroxyl groups is 1. The second-order valence-corrected chi connectivity index (χ2v) is 7.89. The molecular formula is C24H28N2O4. The number of hydrogen-bond donors (Lipinski definition) is 2. The molecule has 1 saturated heterocycles. The number of carbonyl (C=O) groups is 1. The van der Waals surface area contributed by atoms with Gasteiger partial charge in [0.2, 0.25) is 5.91 Å². The number of fused-ring (bicyclic) bond motifs is 1. The van der Waals surface area contributed by atoms with Crippen molar-refractivity contribution in [3.05, 3.63) is 65.9 Å². The summed E-state index contributed by atoms with van der Waals surface area (Å²) < 4.78 is 12.8. The van der Waals surface area contributed by atoms with E-state index in [9.17, 15) is 9.90 Å². The number of aryl methyl sites for hydroxylation is 1. The molecule has 1 aliphatic heterocycles. The van der Waals surface area contributed by atoms with Gasteiger partial charge in [0, 0.05) is 38.5 Å². The number of hydrogen-bond acceptors (Lipinski definition) is 4. The van der Waals surface area contributed by atoms with Crippen molar-refractivity contribution in [2.45, 2.75) is 24.4 Å². The highest BCUT2D eigenvalue weighted by Gasteiger charge is 2.41. The van der Waals surface area contributed by atoms with Crippen LogP contribution in [-0.4, -0.2) is 42.4 Å². The van der Waals surface area contributed by atoms with Crippen molar-refractivity contribution >= 4 is 16.8 Å². The molecule has 158 valence electrons. The number of methoxy groups -OCH3 is 1. The maximum Gasteiger partial charge on any atom is 0.230 e. The summed E-state index contributed by atoms with van der Waals surface area (Å²) >= 11 is 0. The number of aromatic nitrogens is 1. The maximum atomic E-state index is 13.3. The number of ether oxygens (including phenoxy) is 2. The lowest BCUT2D eigenvalue weighted by Crippen LogP contribution is -2.48. The molecule has 1 aromatic heterocycles. The molecule has 0 saturated carbocycles. The van der Waals surface area contributed by atoms with Crippen molar-refractivity contribution in [2.24, 2.45) is 7.05 Å². The lowest BCUT2D eigenvalue weighted by molar-refractivity contribution is -0.131. The Morgan fingerprint density at radius 3 is 2.63 bits per heavy atom. The van der Waals surface area contributed by atoms with Gasteiger partial charge in [-0.15, -0.1) is 0 Å². The van der Waals surface area contributed by atoms with Gasteiger partial charge in [-0.3, -0.25) is 4.79 Å². The van der Waals surface area contributed by atoms with E-state index in [4.69, 9.17) is 9.47 Å². The average molecular weight is 408 g/mol. The molecule has 0 radical (unpaired) electrons. The summed E-state index contributed by atoms with van der Waals surface area (Å²) in [6.07, 6.45) is 2.44. The lowest BCUT2D eigenvalue weighted by Gasteiger charge is -2.36. The Bertz CT molecular complexity index is 1020. The Labute approximate surface area is 176 Å². The van der Waals surface area contributed by atoms with Crippen LogP contribution in [0, 0.1) is 0 Å². The Kier molecular flexibility index (Phi) is 5.79. The van der Waals surface area contributed by atoms with Crippen LogP contribution in [0.3, 0.4) is 0 Å². The van der Waals surface area contributed by atoms with Crippen LogP contribution in [0.15, 0.2) is 54.7 Å².